The maximum absolute atomic E-state index is 5.73. The minimum atomic E-state index is -0.832. The van der Waals surface area contributed by atoms with Crippen LogP contribution in [0.2, 0.25) is 0 Å². The fraction of sp³-hybridized carbons (Fsp3) is 0.875. The summed E-state index contributed by atoms with van der Waals surface area (Å²) in [4.78, 5) is 0. The normalized spacial score (nSPS) is 12.3. The molecule has 0 saturated carbocycles. The summed E-state index contributed by atoms with van der Waals surface area (Å²) in [5.74, 6) is -0.832. The molecule has 0 aromatic rings. The van der Waals surface area contributed by atoms with Gasteiger partial charge in [-0.1, -0.05) is 64.0 Å². The Kier molecular flexibility index (Phi) is 13.7. The standard InChI is InChI=1S/C16H34O3Si/c1-5-7-8-9-10-11-12-13-14-15-16(17-3,18-4)19-20-6-2/h6H,2,5,7-15,20H2,1,3-4H3. The molecule has 0 radical (unpaired) electrons. The molecule has 4 heteroatoms. The highest BCUT2D eigenvalue weighted by Gasteiger charge is 2.29. The van der Waals surface area contributed by atoms with E-state index in [-0.39, 0.29) is 0 Å². The fourth-order valence-electron chi connectivity index (χ4n) is 2.32. The van der Waals surface area contributed by atoms with Crippen LogP contribution in [0.4, 0.5) is 0 Å². The lowest BCUT2D eigenvalue weighted by Crippen LogP contribution is -2.38. The van der Waals surface area contributed by atoms with E-state index in [1.807, 2.05) is 5.70 Å². The average molecular weight is 303 g/mol. The maximum atomic E-state index is 5.73. The van der Waals surface area contributed by atoms with Crippen molar-refractivity contribution in [3.63, 3.8) is 0 Å². The van der Waals surface area contributed by atoms with E-state index in [9.17, 15) is 0 Å². The van der Waals surface area contributed by atoms with Crippen LogP contribution in [0.25, 0.3) is 0 Å². The minimum absolute atomic E-state index is 0.746. The lowest BCUT2D eigenvalue weighted by Gasteiger charge is -2.30. The van der Waals surface area contributed by atoms with E-state index in [0.29, 0.717) is 0 Å². The van der Waals surface area contributed by atoms with Crippen molar-refractivity contribution in [1.29, 1.82) is 0 Å². The van der Waals surface area contributed by atoms with Crippen LogP contribution in [-0.2, 0) is 13.9 Å². The molecule has 0 aliphatic carbocycles. The van der Waals surface area contributed by atoms with Gasteiger partial charge in [-0.05, 0) is 6.42 Å². The van der Waals surface area contributed by atoms with Crippen LogP contribution < -0.4 is 0 Å². The Hall–Kier alpha value is -0.163. The summed E-state index contributed by atoms with van der Waals surface area (Å²) in [6.07, 6.45) is 12.6. The Labute approximate surface area is 128 Å². The average Bonchev–Trinajstić information content (AvgIpc) is 2.49. The first-order valence-electron chi connectivity index (χ1n) is 8.09. The zero-order valence-corrected chi connectivity index (χ0v) is 15.2. The third-order valence-corrected chi connectivity index (χ3v) is 4.47. The quantitative estimate of drug-likeness (QED) is 0.259. The molecule has 0 rings (SSSR count). The number of hydrogen-bond donors (Lipinski definition) is 0. The monoisotopic (exact) mass is 302 g/mol. The van der Waals surface area contributed by atoms with Gasteiger partial charge >= 0.3 is 0 Å². The summed E-state index contributed by atoms with van der Waals surface area (Å²) in [6, 6.07) is 0. The Morgan fingerprint density at radius 3 is 1.85 bits per heavy atom. The van der Waals surface area contributed by atoms with Gasteiger partial charge in [0.1, 0.15) is 0 Å². The number of rotatable bonds is 15. The van der Waals surface area contributed by atoms with Crippen LogP contribution in [0.1, 0.15) is 71.1 Å². The van der Waals surface area contributed by atoms with Gasteiger partial charge in [0, 0.05) is 20.6 Å². The van der Waals surface area contributed by atoms with Crippen molar-refractivity contribution in [2.24, 2.45) is 0 Å². The molecule has 120 valence electrons. The SMILES string of the molecule is C=C[SiH2]OC(CCCCCCCCCCC)(OC)OC. The molecule has 0 spiro atoms. The molecule has 0 aliphatic rings. The molecule has 0 heterocycles. The lowest BCUT2D eigenvalue weighted by molar-refractivity contribution is -0.326. The van der Waals surface area contributed by atoms with Crippen LogP contribution in [0.15, 0.2) is 12.3 Å². The number of methoxy groups -OCH3 is 2. The van der Waals surface area contributed by atoms with Crippen molar-refractivity contribution in [2.45, 2.75) is 77.1 Å². The second-order valence-electron chi connectivity index (χ2n) is 5.27. The molecule has 0 bridgehead atoms. The summed E-state index contributed by atoms with van der Waals surface area (Å²) in [7, 11) is 2.55. The van der Waals surface area contributed by atoms with Crippen LogP contribution >= 0.6 is 0 Å². The van der Waals surface area contributed by atoms with E-state index >= 15 is 0 Å². The number of hydrogen-bond acceptors (Lipinski definition) is 3. The second-order valence-corrected chi connectivity index (χ2v) is 6.47. The van der Waals surface area contributed by atoms with Crippen molar-refractivity contribution in [1.82, 2.24) is 0 Å². The summed E-state index contributed by atoms with van der Waals surface area (Å²) in [6.45, 7) is 5.97. The Bertz CT molecular complexity index is 218. The van der Waals surface area contributed by atoms with Gasteiger partial charge in [-0.2, -0.15) is 0 Å². The summed E-state index contributed by atoms with van der Waals surface area (Å²) < 4.78 is 16.5. The van der Waals surface area contributed by atoms with Crippen molar-refractivity contribution in [2.75, 3.05) is 14.2 Å². The highest BCUT2D eigenvalue weighted by molar-refractivity contribution is 6.34. The van der Waals surface area contributed by atoms with Gasteiger partial charge in [-0.3, -0.25) is 0 Å². The van der Waals surface area contributed by atoms with Gasteiger partial charge in [0.2, 0.25) is 0 Å². The van der Waals surface area contributed by atoms with Crippen molar-refractivity contribution in [3.8, 4) is 0 Å². The van der Waals surface area contributed by atoms with E-state index < -0.39 is 15.7 Å². The van der Waals surface area contributed by atoms with E-state index in [2.05, 4.69) is 13.5 Å². The highest BCUT2D eigenvalue weighted by atomic mass is 28.2. The van der Waals surface area contributed by atoms with E-state index in [4.69, 9.17) is 13.9 Å². The summed E-state index contributed by atoms with van der Waals surface area (Å²) in [5, 5.41) is 0. The molecular formula is C16H34O3Si. The largest absolute Gasteiger partial charge is 0.371 e. The Balaban J connectivity index is 3.60. The van der Waals surface area contributed by atoms with Gasteiger partial charge in [-0.25, -0.2) is 0 Å². The van der Waals surface area contributed by atoms with Crippen LogP contribution in [0.3, 0.4) is 0 Å². The topological polar surface area (TPSA) is 27.7 Å². The third-order valence-electron chi connectivity index (χ3n) is 3.63. The molecule has 0 atom stereocenters. The first kappa shape index (κ1) is 19.8. The molecule has 0 N–H and O–H groups in total. The molecule has 0 aliphatic heterocycles. The van der Waals surface area contributed by atoms with Crippen molar-refractivity contribution >= 4 is 9.76 Å². The first-order chi connectivity index (χ1) is 9.74. The summed E-state index contributed by atoms with van der Waals surface area (Å²) in [5.41, 5.74) is 1.85. The van der Waals surface area contributed by atoms with Crippen molar-refractivity contribution < 1.29 is 13.9 Å². The smallest absolute Gasteiger partial charge is 0.272 e. The van der Waals surface area contributed by atoms with E-state index in [0.717, 1.165) is 12.8 Å². The summed E-state index contributed by atoms with van der Waals surface area (Å²) >= 11 is 0. The molecule has 0 fully saturated rings. The molecular weight excluding hydrogens is 268 g/mol. The highest BCUT2D eigenvalue weighted by Crippen LogP contribution is 2.22. The van der Waals surface area contributed by atoms with Gasteiger partial charge in [0.05, 0.1) is 0 Å². The van der Waals surface area contributed by atoms with Gasteiger partial charge in [0.15, 0.2) is 9.76 Å². The van der Waals surface area contributed by atoms with E-state index in [1.54, 1.807) is 14.2 Å². The predicted molar refractivity (Wildman–Crippen MR) is 88.4 cm³/mol. The Morgan fingerprint density at radius 2 is 1.40 bits per heavy atom. The predicted octanol–water partition coefficient (Wildman–Crippen LogP) is 4.10. The Morgan fingerprint density at radius 1 is 0.900 bits per heavy atom. The van der Waals surface area contributed by atoms with Crippen LogP contribution in [0.5, 0.6) is 0 Å². The second kappa shape index (κ2) is 13.8. The van der Waals surface area contributed by atoms with Crippen LogP contribution in [-0.4, -0.2) is 30.0 Å². The van der Waals surface area contributed by atoms with Crippen LogP contribution in [0, 0.1) is 0 Å². The molecule has 0 amide bonds. The van der Waals surface area contributed by atoms with Gasteiger partial charge in [0.25, 0.3) is 5.97 Å². The maximum Gasteiger partial charge on any atom is 0.272 e. The first-order valence-corrected chi connectivity index (χ1v) is 9.49. The molecule has 0 aromatic carbocycles. The number of ether oxygens (including phenoxy) is 2. The molecule has 0 aromatic heterocycles. The van der Waals surface area contributed by atoms with Gasteiger partial charge < -0.3 is 13.9 Å². The third kappa shape index (κ3) is 9.70. The van der Waals surface area contributed by atoms with E-state index in [1.165, 1.54) is 51.4 Å². The minimum Gasteiger partial charge on any atom is -0.371 e. The zero-order chi connectivity index (χ0) is 15.1. The fourth-order valence-corrected chi connectivity index (χ4v) is 3.07. The zero-order valence-electron chi connectivity index (χ0n) is 13.8. The molecule has 0 unspecified atom stereocenters. The number of unbranched alkanes of at least 4 members (excludes halogenated alkanes) is 8. The molecule has 3 nitrogen and oxygen atoms in total. The molecule has 0 saturated heterocycles. The molecule has 20 heavy (non-hydrogen) atoms. The van der Waals surface area contributed by atoms with Crippen molar-refractivity contribution in [3.05, 3.63) is 12.3 Å². The van der Waals surface area contributed by atoms with Gasteiger partial charge in [-0.15, -0.1) is 6.58 Å². The lowest BCUT2D eigenvalue weighted by atomic mass is 10.1.